The number of esters is 5. The molecule has 5 fully saturated rings. The van der Waals surface area contributed by atoms with E-state index in [4.69, 9.17) is 47.4 Å². The summed E-state index contributed by atoms with van der Waals surface area (Å²) in [5.74, 6) is -5.78. The van der Waals surface area contributed by atoms with Gasteiger partial charge in [0.25, 0.3) is 0 Å². The van der Waals surface area contributed by atoms with Crippen LogP contribution < -0.4 is 26.6 Å². The minimum Gasteiger partial charge on any atom is -0.481 e. The fraction of sp³-hybridized carbons (Fsp3) is 0.876. The van der Waals surface area contributed by atoms with E-state index in [-0.39, 0.29) is 151 Å². The van der Waals surface area contributed by atoms with E-state index in [0.29, 0.717) is 129 Å². The first kappa shape index (κ1) is 103. The van der Waals surface area contributed by atoms with E-state index in [2.05, 4.69) is 183 Å². The quantitative estimate of drug-likeness (QED) is 0.0153. The normalized spacial score (nSPS) is 21.5. The van der Waals surface area contributed by atoms with Gasteiger partial charge in [0.1, 0.15) is 0 Å². The summed E-state index contributed by atoms with van der Waals surface area (Å²) >= 11 is 0. The highest BCUT2D eigenvalue weighted by Crippen LogP contribution is 2.41. The second kappa shape index (κ2) is 46.2. The van der Waals surface area contributed by atoms with Crippen molar-refractivity contribution in [1.29, 1.82) is 0 Å². The largest absolute Gasteiger partial charge is 0.481 e. The summed E-state index contributed by atoms with van der Waals surface area (Å²) in [6, 6.07) is 6.42. The van der Waals surface area contributed by atoms with E-state index in [0.717, 1.165) is 100 Å². The molecule has 22 heteroatoms. The van der Waals surface area contributed by atoms with Gasteiger partial charge in [0.2, 0.25) is 0 Å². The Balaban J connectivity index is 1.30. The molecule has 0 aromatic heterocycles. The van der Waals surface area contributed by atoms with Gasteiger partial charge >= 0.3 is 35.8 Å². The van der Waals surface area contributed by atoms with Crippen LogP contribution in [0, 0.1) is 22.7 Å². The summed E-state index contributed by atoms with van der Waals surface area (Å²) < 4.78 is 63.2. The minimum atomic E-state index is -1.62. The third-order valence-electron chi connectivity index (χ3n) is 24.8. The van der Waals surface area contributed by atoms with E-state index in [1.54, 1.807) is 0 Å². The molecule has 5 aliphatic rings. The average molecular weight is 1680 g/mol. The molecular weight excluding hydrogens is 1510 g/mol. The Kier molecular flexibility index (Phi) is 40.2. The minimum absolute atomic E-state index is 0.0321. The lowest BCUT2D eigenvalue weighted by Gasteiger charge is -2.46. The van der Waals surface area contributed by atoms with E-state index >= 15 is 19.2 Å². The van der Waals surface area contributed by atoms with Crippen molar-refractivity contribution in [1.82, 2.24) is 26.6 Å². The number of carbonyl (C=O) groups is 6. The first-order valence-electron chi connectivity index (χ1n) is 46.7. The molecule has 0 radical (unpaired) electrons. The summed E-state index contributed by atoms with van der Waals surface area (Å²) in [6.45, 7) is 52.3. The number of carbonyl (C=O) groups excluding carboxylic acids is 5. The van der Waals surface area contributed by atoms with E-state index < -0.39 is 58.5 Å². The molecule has 1 aromatic carbocycles. The summed E-state index contributed by atoms with van der Waals surface area (Å²) in [6.07, 6.45) is 19.0. The summed E-state index contributed by atoms with van der Waals surface area (Å²) in [4.78, 5) is 88.2. The standard InChI is InChI=1S/C97H171N5O17/c1-24-27-41-78(80(103)104)79(81(105)115-52-33-47-110-73-60-86(4,5)98-87(6,7)61-73)42-30-38-70-57-71(39-31-45-96(43-28-25-2,82(106)116-53-34-48-111-74-62-88(8,9)99-89(10,11)63-74)83(107)117-54-35-49-112-75-64-90(12,13)100-91(14,15)65-75)59-72(58-70)40-32-46-97(44-29-26-3,84(108)118-55-36-50-113-76-66-92(16,17)101-93(18,19)67-76)85(109)119-56-37-51-114-77-68-94(20,21)102-95(22,23)69-77/h57-59,73-79,98-102H,24-56,60-69H2,1-23H3,(H,103,104). The molecule has 5 aliphatic heterocycles. The number of aryl methyl sites for hydroxylation is 3. The van der Waals surface area contributed by atoms with Gasteiger partial charge in [-0.25, -0.2) is 0 Å². The number of ether oxygens (including phenoxy) is 10. The molecule has 0 spiro atoms. The van der Waals surface area contributed by atoms with Crippen molar-refractivity contribution in [2.45, 2.75) is 457 Å². The van der Waals surface area contributed by atoms with Crippen LogP contribution in [0.15, 0.2) is 18.2 Å². The Labute approximate surface area is 720 Å². The average Bonchev–Trinajstić information content (AvgIpc) is 0.828. The van der Waals surface area contributed by atoms with Crippen LogP contribution in [0.25, 0.3) is 0 Å². The zero-order valence-corrected chi connectivity index (χ0v) is 79.2. The van der Waals surface area contributed by atoms with Crippen molar-refractivity contribution in [3.05, 3.63) is 34.9 Å². The zero-order chi connectivity index (χ0) is 88.4. The Hall–Kier alpha value is -4.36. The molecule has 0 aliphatic carbocycles. The molecule has 0 amide bonds. The molecule has 2 atom stereocenters. The predicted octanol–water partition coefficient (Wildman–Crippen LogP) is 17.8. The summed E-state index contributed by atoms with van der Waals surface area (Å²) in [7, 11) is 0. The number of nitrogens with one attached hydrogen (secondary N) is 5. The number of carboxylic acids is 1. The summed E-state index contributed by atoms with van der Waals surface area (Å²) in [5, 5.41) is 29.4. The maximum absolute atomic E-state index is 15.1. The van der Waals surface area contributed by atoms with Gasteiger partial charge in [0.05, 0.1) is 108 Å². The number of benzene rings is 1. The highest BCUT2D eigenvalue weighted by atomic mass is 16.6. The van der Waals surface area contributed by atoms with Gasteiger partial charge in [0.15, 0.2) is 10.8 Å². The lowest BCUT2D eigenvalue weighted by Crippen LogP contribution is -2.59. The maximum atomic E-state index is 15.1. The molecule has 22 nitrogen and oxygen atoms in total. The number of rotatable bonds is 53. The lowest BCUT2D eigenvalue weighted by atomic mass is 9.77. The highest BCUT2D eigenvalue weighted by molar-refractivity contribution is 6.00. The number of piperidine rings is 5. The van der Waals surface area contributed by atoms with Crippen LogP contribution in [0.2, 0.25) is 0 Å². The van der Waals surface area contributed by atoms with E-state index in [1.807, 2.05) is 20.8 Å². The smallest absolute Gasteiger partial charge is 0.323 e. The fourth-order valence-electron chi connectivity index (χ4n) is 21.4. The first-order valence-corrected chi connectivity index (χ1v) is 46.7. The molecule has 119 heavy (non-hydrogen) atoms. The highest BCUT2D eigenvalue weighted by Gasteiger charge is 2.51. The van der Waals surface area contributed by atoms with Crippen molar-refractivity contribution in [2.75, 3.05) is 66.1 Å². The van der Waals surface area contributed by atoms with Crippen LogP contribution >= 0.6 is 0 Å². The number of aliphatic carboxylic acids is 1. The summed E-state index contributed by atoms with van der Waals surface area (Å²) in [5.41, 5.74) is -1.43. The van der Waals surface area contributed by atoms with Gasteiger partial charge in [-0.15, -0.1) is 0 Å². The number of hydrogen-bond donors (Lipinski definition) is 6. The van der Waals surface area contributed by atoms with Crippen molar-refractivity contribution in [3.63, 3.8) is 0 Å². The molecule has 6 rings (SSSR count). The van der Waals surface area contributed by atoms with Gasteiger partial charge in [-0.3, -0.25) is 28.8 Å². The SMILES string of the molecule is CCCCC(C(=O)O)C(CCCc1cc(CCCC(CCCC)(C(=O)OCCCOC2CC(C)(C)NC(C)(C)C2)C(=O)OCCCOC2CC(C)(C)NC(C)(C)C2)cc(CCCC(CCCC)(C(=O)OCCCOC2CC(C)(C)NC(C)(C)C2)C(=O)OCCCOC2CC(C)(C)NC(C)(C)C2)c1)C(=O)OCCCOC1CC(C)(C)NC(C)(C)C1. The van der Waals surface area contributed by atoms with E-state index in [9.17, 15) is 14.7 Å². The molecule has 5 heterocycles. The number of carboxylic acid groups (broad SMARTS) is 1. The zero-order valence-electron chi connectivity index (χ0n) is 79.2. The molecule has 2 unspecified atom stereocenters. The van der Waals surface area contributed by atoms with Gasteiger partial charge in [-0.05, 0) is 296 Å². The van der Waals surface area contributed by atoms with Gasteiger partial charge in [0, 0.05) is 87.5 Å². The van der Waals surface area contributed by atoms with Crippen molar-refractivity contribution in [3.8, 4) is 0 Å². The Morgan fingerprint density at radius 2 is 0.529 bits per heavy atom. The molecule has 1 aromatic rings. The van der Waals surface area contributed by atoms with Crippen LogP contribution in [-0.2, 0) is 95.4 Å². The van der Waals surface area contributed by atoms with Gasteiger partial charge in [-0.1, -0.05) is 77.5 Å². The van der Waals surface area contributed by atoms with E-state index in [1.165, 1.54) is 0 Å². The third kappa shape index (κ3) is 36.3. The topological polar surface area (TPSA) is 275 Å². The van der Waals surface area contributed by atoms with Crippen LogP contribution in [0.1, 0.15) is 369 Å². The lowest BCUT2D eigenvalue weighted by molar-refractivity contribution is -0.176. The Morgan fingerprint density at radius 1 is 0.311 bits per heavy atom. The van der Waals surface area contributed by atoms with Crippen molar-refractivity contribution in [2.24, 2.45) is 22.7 Å². The van der Waals surface area contributed by atoms with Crippen LogP contribution in [0.5, 0.6) is 0 Å². The van der Waals surface area contributed by atoms with Crippen LogP contribution in [0.3, 0.4) is 0 Å². The fourth-order valence-corrected chi connectivity index (χ4v) is 21.4. The molecule has 6 N–H and O–H groups in total. The third-order valence-corrected chi connectivity index (χ3v) is 24.8. The number of unbranched alkanes of at least 4 members (excludes halogenated alkanes) is 3. The second-order valence-electron chi connectivity index (χ2n) is 43.3. The van der Waals surface area contributed by atoms with Gasteiger partial charge < -0.3 is 79.1 Å². The maximum Gasteiger partial charge on any atom is 0.323 e. The Morgan fingerprint density at radius 3 is 0.765 bits per heavy atom. The van der Waals surface area contributed by atoms with Crippen molar-refractivity contribution < 1.29 is 81.2 Å². The molecule has 686 valence electrons. The second-order valence-corrected chi connectivity index (χ2v) is 43.3. The molecule has 0 bridgehead atoms. The number of hydrogen-bond acceptors (Lipinski definition) is 21. The first-order chi connectivity index (χ1) is 55.5. The predicted molar refractivity (Wildman–Crippen MR) is 473 cm³/mol. The molecular formula is C97H171N5O17. The van der Waals surface area contributed by atoms with Gasteiger partial charge in [-0.2, -0.15) is 0 Å². The molecule has 5 saturated heterocycles. The monoisotopic (exact) mass is 1680 g/mol. The van der Waals surface area contributed by atoms with Crippen molar-refractivity contribution >= 4 is 35.8 Å². The van der Waals surface area contributed by atoms with Crippen LogP contribution in [0.4, 0.5) is 0 Å². The Bertz CT molecular complexity index is 2930. The molecule has 0 saturated carbocycles. The van der Waals surface area contributed by atoms with Crippen LogP contribution in [-0.4, -0.2) is 193 Å².